The van der Waals surface area contributed by atoms with Crippen LogP contribution in [0.1, 0.15) is 12.8 Å². The third-order valence-corrected chi connectivity index (χ3v) is 2.29. The minimum absolute atomic E-state index is 0.0491. The third kappa shape index (κ3) is 3.77. The van der Waals surface area contributed by atoms with Crippen molar-refractivity contribution in [2.45, 2.75) is 19.0 Å². The topological polar surface area (TPSA) is 66.4 Å². The number of carboxylic acids is 1. The Morgan fingerprint density at radius 2 is 1.93 bits per heavy atom. The van der Waals surface area contributed by atoms with Gasteiger partial charge in [-0.1, -0.05) is 0 Å². The van der Waals surface area contributed by atoms with Gasteiger partial charge in [-0.25, -0.2) is 0 Å². The molecular weight excluding hydrogens is 215 g/mol. The maximum Gasteiger partial charge on any atom is 0.471 e. The monoisotopic (exact) mass is 225 g/mol. The summed E-state index contributed by atoms with van der Waals surface area (Å²) in [4.78, 5) is 20.6. The first kappa shape index (κ1) is 11.8. The van der Waals surface area contributed by atoms with Crippen LogP contribution in [0.3, 0.4) is 0 Å². The Hall–Kier alpha value is -1.27. The number of alkyl halides is 3. The van der Waals surface area contributed by atoms with E-state index in [4.69, 9.17) is 5.11 Å². The molecule has 1 aliphatic carbocycles. The lowest BCUT2D eigenvalue weighted by Gasteiger charge is -2.06. The van der Waals surface area contributed by atoms with E-state index in [9.17, 15) is 22.8 Å². The van der Waals surface area contributed by atoms with Crippen molar-refractivity contribution in [1.82, 2.24) is 5.32 Å². The van der Waals surface area contributed by atoms with Crippen molar-refractivity contribution in [1.29, 1.82) is 0 Å². The van der Waals surface area contributed by atoms with Gasteiger partial charge in [0.1, 0.15) is 0 Å². The van der Waals surface area contributed by atoms with Crippen LogP contribution in [0.5, 0.6) is 0 Å². The largest absolute Gasteiger partial charge is 0.481 e. The zero-order chi connectivity index (χ0) is 11.6. The molecule has 0 radical (unpaired) electrons. The molecule has 0 aromatic heterocycles. The molecule has 0 heterocycles. The lowest BCUT2D eigenvalue weighted by atomic mass is 10.2. The van der Waals surface area contributed by atoms with Gasteiger partial charge in [0, 0.05) is 13.0 Å². The maximum absolute atomic E-state index is 11.7. The quantitative estimate of drug-likeness (QED) is 0.742. The highest BCUT2D eigenvalue weighted by molar-refractivity contribution is 5.81. The Labute approximate surface area is 83.5 Å². The number of aliphatic carboxylic acids is 1. The van der Waals surface area contributed by atoms with Gasteiger partial charge >= 0.3 is 18.1 Å². The second kappa shape index (κ2) is 4.08. The third-order valence-electron chi connectivity index (χ3n) is 2.29. The number of halogens is 3. The molecule has 0 aromatic carbocycles. The molecule has 1 rings (SSSR count). The van der Waals surface area contributed by atoms with Gasteiger partial charge in [0.2, 0.25) is 0 Å². The Balaban J connectivity index is 2.19. The standard InChI is InChI=1S/C8H10F3NO3/c9-8(10,11)7(15)12-3-5-1-4(5)2-6(13)14/h4-5H,1-3H2,(H,12,15)(H,13,14)/t4-,5+/m0/s1. The minimum atomic E-state index is -4.86. The van der Waals surface area contributed by atoms with Gasteiger partial charge in [0.25, 0.3) is 0 Å². The van der Waals surface area contributed by atoms with Crippen molar-refractivity contribution >= 4 is 11.9 Å². The molecule has 0 bridgehead atoms. The highest BCUT2D eigenvalue weighted by Crippen LogP contribution is 2.40. The summed E-state index contributed by atoms with van der Waals surface area (Å²) in [6, 6.07) is 0. The zero-order valence-electron chi connectivity index (χ0n) is 7.67. The predicted molar refractivity (Wildman–Crippen MR) is 42.9 cm³/mol. The summed E-state index contributed by atoms with van der Waals surface area (Å²) in [6.45, 7) is -0.101. The van der Waals surface area contributed by atoms with E-state index in [1.54, 1.807) is 5.32 Å². The Morgan fingerprint density at radius 3 is 2.40 bits per heavy atom. The SMILES string of the molecule is O=C(O)C[C@@H]1C[C@@H]1CNC(=O)C(F)(F)F. The van der Waals surface area contributed by atoms with Crippen molar-refractivity contribution in [3.63, 3.8) is 0 Å². The zero-order valence-corrected chi connectivity index (χ0v) is 7.67. The van der Waals surface area contributed by atoms with Gasteiger partial charge in [-0.2, -0.15) is 13.2 Å². The van der Waals surface area contributed by atoms with Gasteiger partial charge in [-0.15, -0.1) is 0 Å². The number of carbonyl (C=O) groups excluding carboxylic acids is 1. The lowest BCUT2D eigenvalue weighted by Crippen LogP contribution is -2.38. The molecule has 4 nitrogen and oxygen atoms in total. The van der Waals surface area contributed by atoms with Gasteiger partial charge in [-0.05, 0) is 18.3 Å². The first-order valence-electron chi connectivity index (χ1n) is 4.37. The average Bonchev–Trinajstić information content (AvgIpc) is 2.76. The van der Waals surface area contributed by atoms with E-state index in [1.807, 2.05) is 0 Å². The van der Waals surface area contributed by atoms with Crippen molar-refractivity contribution in [3.8, 4) is 0 Å². The smallest absolute Gasteiger partial charge is 0.471 e. The molecule has 0 aliphatic heterocycles. The fraction of sp³-hybridized carbons (Fsp3) is 0.750. The number of hydrogen-bond acceptors (Lipinski definition) is 2. The summed E-state index contributed by atoms with van der Waals surface area (Å²) in [6.07, 6.45) is -4.35. The molecule has 7 heteroatoms. The van der Waals surface area contributed by atoms with Crippen LogP contribution in [0, 0.1) is 11.8 Å². The number of amides is 1. The van der Waals surface area contributed by atoms with E-state index in [2.05, 4.69) is 0 Å². The second-order valence-electron chi connectivity index (χ2n) is 3.56. The van der Waals surface area contributed by atoms with Crippen molar-refractivity contribution in [2.24, 2.45) is 11.8 Å². The molecule has 0 saturated heterocycles. The number of carbonyl (C=O) groups is 2. The summed E-state index contributed by atoms with van der Waals surface area (Å²) in [5.74, 6) is -3.17. The first-order valence-corrected chi connectivity index (χ1v) is 4.37. The molecular formula is C8H10F3NO3. The Morgan fingerprint density at radius 1 is 1.33 bits per heavy atom. The van der Waals surface area contributed by atoms with Crippen LogP contribution in [0.25, 0.3) is 0 Å². The van der Waals surface area contributed by atoms with Crippen molar-refractivity contribution in [2.75, 3.05) is 6.54 Å². The second-order valence-corrected chi connectivity index (χ2v) is 3.56. The molecule has 1 amide bonds. The van der Waals surface area contributed by atoms with Crippen LogP contribution in [0.15, 0.2) is 0 Å². The number of rotatable bonds is 4. The number of nitrogens with one attached hydrogen (secondary N) is 1. The summed E-state index contributed by atoms with van der Waals surface area (Å²) < 4.78 is 35.2. The molecule has 0 spiro atoms. The summed E-state index contributed by atoms with van der Waals surface area (Å²) in [5.41, 5.74) is 0. The Kier molecular flexibility index (Phi) is 3.21. The summed E-state index contributed by atoms with van der Waals surface area (Å²) in [7, 11) is 0. The van der Waals surface area contributed by atoms with Gasteiger partial charge < -0.3 is 10.4 Å². The highest BCUT2D eigenvalue weighted by atomic mass is 19.4. The molecule has 2 atom stereocenters. The molecule has 1 aliphatic rings. The first-order chi connectivity index (χ1) is 6.80. The van der Waals surface area contributed by atoms with Gasteiger partial charge in [-0.3, -0.25) is 9.59 Å². The number of hydrogen-bond donors (Lipinski definition) is 2. The van der Waals surface area contributed by atoms with E-state index in [0.29, 0.717) is 6.42 Å². The fourth-order valence-corrected chi connectivity index (χ4v) is 1.36. The van der Waals surface area contributed by atoms with Crippen LogP contribution < -0.4 is 5.32 Å². The van der Waals surface area contributed by atoms with E-state index in [0.717, 1.165) is 0 Å². The van der Waals surface area contributed by atoms with Crippen LogP contribution in [0.4, 0.5) is 13.2 Å². The van der Waals surface area contributed by atoms with E-state index in [1.165, 1.54) is 0 Å². The van der Waals surface area contributed by atoms with Crippen LogP contribution in [-0.4, -0.2) is 29.7 Å². The molecule has 2 N–H and O–H groups in total. The molecule has 0 unspecified atom stereocenters. The van der Waals surface area contributed by atoms with Crippen molar-refractivity contribution < 1.29 is 27.9 Å². The summed E-state index contributed by atoms with van der Waals surface area (Å²) >= 11 is 0. The molecule has 15 heavy (non-hydrogen) atoms. The number of carboxylic acid groups (broad SMARTS) is 1. The Bertz CT molecular complexity index is 277. The van der Waals surface area contributed by atoms with E-state index >= 15 is 0 Å². The minimum Gasteiger partial charge on any atom is -0.481 e. The molecule has 1 saturated carbocycles. The normalized spacial score (nSPS) is 24.7. The van der Waals surface area contributed by atoms with E-state index in [-0.39, 0.29) is 24.8 Å². The molecule has 0 aromatic rings. The van der Waals surface area contributed by atoms with E-state index < -0.39 is 18.1 Å². The van der Waals surface area contributed by atoms with Crippen molar-refractivity contribution in [3.05, 3.63) is 0 Å². The van der Waals surface area contributed by atoms with Crippen LogP contribution in [0.2, 0.25) is 0 Å². The van der Waals surface area contributed by atoms with Crippen LogP contribution in [-0.2, 0) is 9.59 Å². The van der Waals surface area contributed by atoms with Gasteiger partial charge in [0.05, 0.1) is 0 Å². The summed E-state index contributed by atoms with van der Waals surface area (Å²) in [5, 5.41) is 10.1. The predicted octanol–water partition coefficient (Wildman–Crippen LogP) is 0.776. The highest BCUT2D eigenvalue weighted by Gasteiger charge is 2.42. The van der Waals surface area contributed by atoms with Crippen LogP contribution >= 0.6 is 0 Å². The fourth-order valence-electron chi connectivity index (χ4n) is 1.36. The lowest BCUT2D eigenvalue weighted by molar-refractivity contribution is -0.173. The van der Waals surface area contributed by atoms with Gasteiger partial charge in [0.15, 0.2) is 0 Å². The molecule has 1 fully saturated rings. The average molecular weight is 225 g/mol. The maximum atomic E-state index is 11.7. The molecule has 86 valence electrons.